The maximum absolute atomic E-state index is 13.3. The molecule has 19 heavy (non-hydrogen) atoms. The Morgan fingerprint density at radius 3 is 2.68 bits per heavy atom. The number of halogens is 1. The molecule has 0 aromatic heterocycles. The molecule has 1 saturated carbocycles. The zero-order chi connectivity index (χ0) is 13.8. The van der Waals surface area contributed by atoms with Crippen LogP contribution in [0.1, 0.15) is 19.3 Å². The molecule has 5 nitrogen and oxygen atoms in total. The minimum Gasteiger partial charge on any atom is -0.481 e. The highest BCUT2D eigenvalue weighted by molar-refractivity contribution is 5.90. The Labute approximate surface area is 109 Å². The number of carbonyl (C=O) groups is 2. The van der Waals surface area contributed by atoms with E-state index < -0.39 is 29.8 Å². The van der Waals surface area contributed by atoms with Crippen LogP contribution in [0.4, 0.5) is 14.9 Å². The molecule has 1 aromatic carbocycles. The Balaban J connectivity index is 1.95. The molecule has 1 aliphatic rings. The van der Waals surface area contributed by atoms with E-state index in [4.69, 9.17) is 5.11 Å². The summed E-state index contributed by atoms with van der Waals surface area (Å²) in [4.78, 5) is 22.7. The fourth-order valence-corrected chi connectivity index (χ4v) is 2.32. The second kappa shape index (κ2) is 5.69. The molecule has 1 aliphatic carbocycles. The highest BCUT2D eigenvalue weighted by Crippen LogP contribution is 2.26. The van der Waals surface area contributed by atoms with Crippen molar-refractivity contribution in [2.75, 3.05) is 5.32 Å². The lowest BCUT2D eigenvalue weighted by molar-refractivity contribution is -0.142. The zero-order valence-electron chi connectivity index (χ0n) is 10.2. The summed E-state index contributed by atoms with van der Waals surface area (Å²) in [6.45, 7) is 0. The number of carboxylic acids is 1. The molecule has 102 valence electrons. The van der Waals surface area contributed by atoms with Gasteiger partial charge in [0.1, 0.15) is 5.82 Å². The van der Waals surface area contributed by atoms with Crippen molar-refractivity contribution >= 4 is 17.7 Å². The van der Waals surface area contributed by atoms with Crippen LogP contribution < -0.4 is 10.6 Å². The standard InChI is InChI=1S/C13H15FN2O3/c14-9-5-1-2-6-11(9)16-13(19)15-10-7-3-4-8(10)12(17)18/h1-2,5-6,8,10H,3-4,7H2,(H,17,18)(H2,15,16,19). The topological polar surface area (TPSA) is 78.4 Å². The number of urea groups is 1. The van der Waals surface area contributed by atoms with Crippen LogP contribution in [0.25, 0.3) is 0 Å². The van der Waals surface area contributed by atoms with E-state index in [2.05, 4.69) is 10.6 Å². The van der Waals surface area contributed by atoms with Crippen molar-refractivity contribution in [1.29, 1.82) is 0 Å². The van der Waals surface area contributed by atoms with Crippen LogP contribution in [0.2, 0.25) is 0 Å². The number of para-hydroxylation sites is 1. The van der Waals surface area contributed by atoms with Crippen LogP contribution in [0, 0.1) is 11.7 Å². The fraction of sp³-hybridized carbons (Fsp3) is 0.385. The van der Waals surface area contributed by atoms with Gasteiger partial charge in [-0.15, -0.1) is 0 Å². The van der Waals surface area contributed by atoms with Gasteiger partial charge >= 0.3 is 12.0 Å². The third-order valence-corrected chi connectivity index (χ3v) is 3.27. The normalized spacial score (nSPS) is 21.9. The highest BCUT2D eigenvalue weighted by Gasteiger charge is 2.33. The number of benzene rings is 1. The van der Waals surface area contributed by atoms with E-state index >= 15 is 0 Å². The molecule has 0 aliphatic heterocycles. The quantitative estimate of drug-likeness (QED) is 0.784. The molecule has 6 heteroatoms. The third kappa shape index (κ3) is 3.21. The average Bonchev–Trinajstić information content (AvgIpc) is 2.80. The molecular formula is C13H15FN2O3. The number of anilines is 1. The van der Waals surface area contributed by atoms with Gasteiger partial charge in [-0.3, -0.25) is 4.79 Å². The minimum atomic E-state index is -0.909. The number of nitrogens with one attached hydrogen (secondary N) is 2. The lowest BCUT2D eigenvalue weighted by atomic mass is 10.0. The monoisotopic (exact) mass is 266 g/mol. The number of amides is 2. The van der Waals surface area contributed by atoms with Gasteiger partial charge in [0.05, 0.1) is 11.6 Å². The van der Waals surface area contributed by atoms with E-state index in [0.29, 0.717) is 12.8 Å². The summed E-state index contributed by atoms with van der Waals surface area (Å²) in [7, 11) is 0. The van der Waals surface area contributed by atoms with Gasteiger partial charge in [-0.05, 0) is 25.0 Å². The van der Waals surface area contributed by atoms with Crippen molar-refractivity contribution in [3.05, 3.63) is 30.1 Å². The number of carbonyl (C=O) groups excluding carboxylic acids is 1. The van der Waals surface area contributed by atoms with Crippen molar-refractivity contribution in [3.8, 4) is 0 Å². The molecule has 2 rings (SSSR count). The fourth-order valence-electron chi connectivity index (χ4n) is 2.32. The lowest BCUT2D eigenvalue weighted by Gasteiger charge is -2.18. The molecule has 1 aromatic rings. The van der Waals surface area contributed by atoms with E-state index in [1.165, 1.54) is 18.2 Å². The van der Waals surface area contributed by atoms with Gasteiger partial charge in [-0.1, -0.05) is 18.6 Å². The van der Waals surface area contributed by atoms with Crippen molar-refractivity contribution in [2.24, 2.45) is 5.92 Å². The molecule has 0 heterocycles. The first-order valence-electron chi connectivity index (χ1n) is 6.13. The molecule has 2 amide bonds. The van der Waals surface area contributed by atoms with Gasteiger partial charge in [-0.25, -0.2) is 9.18 Å². The first-order chi connectivity index (χ1) is 9.08. The zero-order valence-corrected chi connectivity index (χ0v) is 10.2. The van der Waals surface area contributed by atoms with Gasteiger partial charge < -0.3 is 15.7 Å². The van der Waals surface area contributed by atoms with Crippen LogP contribution in [-0.4, -0.2) is 23.1 Å². The maximum Gasteiger partial charge on any atom is 0.319 e. The van der Waals surface area contributed by atoms with Crippen LogP contribution in [0.15, 0.2) is 24.3 Å². The Morgan fingerprint density at radius 1 is 1.26 bits per heavy atom. The number of hydrogen-bond acceptors (Lipinski definition) is 2. The second-order valence-corrected chi connectivity index (χ2v) is 4.56. The van der Waals surface area contributed by atoms with Crippen LogP contribution >= 0.6 is 0 Å². The van der Waals surface area contributed by atoms with E-state index in [1.807, 2.05) is 0 Å². The van der Waals surface area contributed by atoms with Gasteiger partial charge in [0.15, 0.2) is 0 Å². The first kappa shape index (κ1) is 13.3. The summed E-state index contributed by atoms with van der Waals surface area (Å²) in [5.74, 6) is -2.00. The molecule has 2 unspecified atom stereocenters. The summed E-state index contributed by atoms with van der Waals surface area (Å²) in [6.07, 6.45) is 1.95. The largest absolute Gasteiger partial charge is 0.481 e. The second-order valence-electron chi connectivity index (χ2n) is 4.56. The Hall–Kier alpha value is -2.11. The average molecular weight is 266 g/mol. The minimum absolute atomic E-state index is 0.0740. The predicted octanol–water partition coefficient (Wildman–Crippen LogP) is 2.20. The molecule has 3 N–H and O–H groups in total. The lowest BCUT2D eigenvalue weighted by Crippen LogP contribution is -2.42. The Kier molecular flexibility index (Phi) is 3.99. The summed E-state index contributed by atoms with van der Waals surface area (Å²) in [6, 6.07) is 4.83. The number of aliphatic carboxylic acids is 1. The molecule has 0 bridgehead atoms. The van der Waals surface area contributed by atoms with Gasteiger partial charge in [0.25, 0.3) is 0 Å². The maximum atomic E-state index is 13.3. The first-order valence-corrected chi connectivity index (χ1v) is 6.13. The number of carboxylic acid groups (broad SMARTS) is 1. The van der Waals surface area contributed by atoms with Crippen molar-refractivity contribution in [3.63, 3.8) is 0 Å². The van der Waals surface area contributed by atoms with E-state index in [1.54, 1.807) is 6.07 Å². The molecule has 0 saturated heterocycles. The molecular weight excluding hydrogens is 251 g/mol. The van der Waals surface area contributed by atoms with Crippen LogP contribution in [0.3, 0.4) is 0 Å². The third-order valence-electron chi connectivity index (χ3n) is 3.27. The van der Waals surface area contributed by atoms with Crippen molar-refractivity contribution < 1.29 is 19.1 Å². The van der Waals surface area contributed by atoms with Gasteiger partial charge in [-0.2, -0.15) is 0 Å². The molecule has 0 spiro atoms. The highest BCUT2D eigenvalue weighted by atomic mass is 19.1. The van der Waals surface area contributed by atoms with Gasteiger partial charge in [0, 0.05) is 6.04 Å². The molecule has 2 atom stereocenters. The number of rotatable bonds is 3. The smallest absolute Gasteiger partial charge is 0.319 e. The van der Waals surface area contributed by atoms with Crippen LogP contribution in [0.5, 0.6) is 0 Å². The van der Waals surface area contributed by atoms with Crippen molar-refractivity contribution in [2.45, 2.75) is 25.3 Å². The summed E-state index contributed by atoms with van der Waals surface area (Å²) < 4.78 is 13.3. The summed E-state index contributed by atoms with van der Waals surface area (Å²) in [5, 5.41) is 14.0. The SMILES string of the molecule is O=C(Nc1ccccc1F)NC1CCCC1C(=O)O. The van der Waals surface area contributed by atoms with E-state index in [9.17, 15) is 14.0 Å². The Morgan fingerprint density at radius 2 is 2.00 bits per heavy atom. The molecule has 1 fully saturated rings. The number of hydrogen-bond donors (Lipinski definition) is 3. The predicted molar refractivity (Wildman–Crippen MR) is 67.3 cm³/mol. The van der Waals surface area contributed by atoms with Gasteiger partial charge in [0.2, 0.25) is 0 Å². The van der Waals surface area contributed by atoms with Crippen molar-refractivity contribution in [1.82, 2.24) is 5.32 Å². The molecule has 0 radical (unpaired) electrons. The van der Waals surface area contributed by atoms with E-state index in [0.717, 1.165) is 6.42 Å². The summed E-state index contributed by atoms with van der Waals surface area (Å²) in [5.41, 5.74) is 0.0740. The Bertz CT molecular complexity index is 493. The summed E-state index contributed by atoms with van der Waals surface area (Å²) >= 11 is 0. The van der Waals surface area contributed by atoms with Crippen LogP contribution in [-0.2, 0) is 4.79 Å². The van der Waals surface area contributed by atoms with E-state index in [-0.39, 0.29) is 5.69 Å².